The van der Waals surface area contributed by atoms with Crippen molar-refractivity contribution in [2.75, 3.05) is 62.7 Å². The number of fused-ring (bicyclic) bond motifs is 3. The van der Waals surface area contributed by atoms with E-state index in [-0.39, 0.29) is 23.1 Å². The number of anilines is 2. The molecule has 6 aliphatic rings. The SMILES string of the molecule is COc1cc(Cn2cccn2)cc2c1C(NS(=O)(=O)c1cccc(N3C[C@@H]4CN(C[C@@H]5CCN(c6ccc7c(c6)CN([C@H]6CCC(=O)NC6=O)C7=O)C5)C[C@H]4C3)c1)NO2. The lowest BCUT2D eigenvalue weighted by Crippen LogP contribution is -2.52. The minimum atomic E-state index is -3.94. The van der Waals surface area contributed by atoms with Gasteiger partial charge in [-0.15, -0.1) is 5.48 Å². The van der Waals surface area contributed by atoms with Crippen molar-refractivity contribution in [3.05, 3.63) is 95.3 Å². The van der Waals surface area contributed by atoms with E-state index >= 15 is 0 Å². The quantitative estimate of drug-likeness (QED) is 0.189. The Morgan fingerprint density at radius 1 is 0.932 bits per heavy atom. The molecule has 4 saturated heterocycles. The number of nitrogens with zero attached hydrogens (tertiary/aromatic N) is 6. The topological polar surface area (TPSA) is 171 Å². The molecule has 4 aromatic rings. The summed E-state index contributed by atoms with van der Waals surface area (Å²) in [6.07, 6.45) is 4.43. The summed E-state index contributed by atoms with van der Waals surface area (Å²) in [5.41, 5.74) is 7.88. The molecule has 0 spiro atoms. The fourth-order valence-electron chi connectivity index (χ4n) is 9.99. The largest absolute Gasteiger partial charge is 0.496 e. The molecule has 59 heavy (non-hydrogen) atoms. The van der Waals surface area contributed by atoms with Crippen LogP contribution < -0.4 is 34.9 Å². The van der Waals surface area contributed by atoms with E-state index < -0.39 is 28.1 Å². The molecule has 5 atom stereocenters. The van der Waals surface area contributed by atoms with Crippen LogP contribution in [0.15, 0.2) is 78.0 Å². The fourth-order valence-corrected chi connectivity index (χ4v) is 11.1. The summed E-state index contributed by atoms with van der Waals surface area (Å²) in [5, 5.41) is 6.64. The normalized spacial score (nSPS) is 25.3. The number of carbonyl (C=O) groups excluding carboxylic acids is 3. The van der Waals surface area contributed by atoms with Gasteiger partial charge in [-0.05, 0) is 96.3 Å². The Bertz CT molecular complexity index is 2410. The standard InChI is InChI=1S/C42H47N9O7S/c1-57-36-14-27(20-50-12-3-11-43-50)15-37-39(36)40(45-58-37)46-59(55,56)33-5-2-4-31(17-33)49-23-29-21-47(22-30(29)24-49)18-26-10-13-48(19-26)32-6-7-34-28(16-32)25-51(42(34)54)35-8-9-38(52)44-41(35)53/h2-7,11-12,14-17,26,29-30,35,40,45-46H,8-10,13,18-25H2,1H3,(H,44,52,53)/t26-,29-,30-,35-,40?/m0/s1. The van der Waals surface area contributed by atoms with Crippen LogP contribution in [0.2, 0.25) is 0 Å². The maximum atomic E-state index is 13.8. The molecule has 0 bridgehead atoms. The molecule has 1 aromatic heterocycles. The maximum absolute atomic E-state index is 13.8. The van der Waals surface area contributed by atoms with Crippen molar-refractivity contribution in [1.82, 2.24) is 35.1 Å². The van der Waals surface area contributed by atoms with Gasteiger partial charge in [-0.25, -0.2) is 8.42 Å². The number of imide groups is 1. The van der Waals surface area contributed by atoms with Crippen molar-refractivity contribution in [3.8, 4) is 11.5 Å². The molecular weight excluding hydrogens is 775 g/mol. The Hall–Kier alpha value is -5.49. The van der Waals surface area contributed by atoms with Crippen LogP contribution in [0.4, 0.5) is 11.4 Å². The van der Waals surface area contributed by atoms with E-state index in [1.54, 1.807) is 41.1 Å². The third kappa shape index (κ3) is 7.19. The number of hydrogen-bond donors (Lipinski definition) is 3. The van der Waals surface area contributed by atoms with E-state index in [0.29, 0.717) is 59.9 Å². The van der Waals surface area contributed by atoms with Gasteiger partial charge in [0.2, 0.25) is 21.8 Å². The molecule has 3 N–H and O–H groups in total. The number of aromatic nitrogens is 2. The van der Waals surface area contributed by atoms with Crippen molar-refractivity contribution in [1.29, 1.82) is 0 Å². The Morgan fingerprint density at radius 3 is 2.54 bits per heavy atom. The van der Waals surface area contributed by atoms with Crippen LogP contribution >= 0.6 is 0 Å². The van der Waals surface area contributed by atoms with Gasteiger partial charge < -0.3 is 29.2 Å². The van der Waals surface area contributed by atoms with Crippen LogP contribution in [-0.2, 0) is 32.7 Å². The zero-order valence-electron chi connectivity index (χ0n) is 32.7. The summed E-state index contributed by atoms with van der Waals surface area (Å²) in [5.74, 6) is 1.73. The molecule has 0 aliphatic carbocycles. The highest BCUT2D eigenvalue weighted by Gasteiger charge is 2.42. The number of methoxy groups -OCH3 is 1. The number of benzene rings is 3. The van der Waals surface area contributed by atoms with E-state index in [2.05, 4.69) is 41.4 Å². The molecule has 4 fully saturated rings. The molecule has 1 unspecified atom stereocenters. The van der Waals surface area contributed by atoms with Crippen molar-refractivity contribution in [2.45, 2.75) is 49.5 Å². The summed E-state index contributed by atoms with van der Waals surface area (Å²) in [7, 11) is -2.39. The fraction of sp³-hybridized carbons (Fsp3) is 0.429. The molecule has 6 aliphatic heterocycles. The van der Waals surface area contributed by atoms with Crippen molar-refractivity contribution >= 4 is 39.1 Å². The lowest BCUT2D eigenvalue weighted by atomic mass is 10.0. The number of nitrogens with one attached hydrogen (secondary N) is 3. The predicted molar refractivity (Wildman–Crippen MR) is 216 cm³/mol. The smallest absolute Gasteiger partial charge is 0.255 e. The van der Waals surface area contributed by atoms with Crippen LogP contribution in [-0.4, -0.2) is 105 Å². The first-order valence-corrected chi connectivity index (χ1v) is 21.8. The number of hydroxylamine groups is 1. The van der Waals surface area contributed by atoms with Gasteiger partial charge >= 0.3 is 0 Å². The van der Waals surface area contributed by atoms with Gasteiger partial charge in [0, 0.05) is 88.1 Å². The molecule has 17 heteroatoms. The summed E-state index contributed by atoms with van der Waals surface area (Å²) >= 11 is 0. The second-order valence-electron chi connectivity index (χ2n) is 16.7. The van der Waals surface area contributed by atoms with E-state index in [9.17, 15) is 22.8 Å². The molecule has 3 amide bonds. The maximum Gasteiger partial charge on any atom is 0.255 e. The number of piperidine rings is 1. The molecule has 308 valence electrons. The molecule has 10 rings (SSSR count). The first kappa shape index (κ1) is 37.8. The number of amides is 3. The van der Waals surface area contributed by atoms with Gasteiger partial charge in [0.05, 0.1) is 24.1 Å². The van der Waals surface area contributed by atoms with Crippen LogP contribution in [0.3, 0.4) is 0 Å². The Morgan fingerprint density at radius 2 is 1.76 bits per heavy atom. The number of ether oxygens (including phenoxy) is 1. The van der Waals surface area contributed by atoms with Gasteiger partial charge in [-0.3, -0.25) is 24.4 Å². The summed E-state index contributed by atoms with van der Waals surface area (Å²) in [4.78, 5) is 52.2. The summed E-state index contributed by atoms with van der Waals surface area (Å²) in [6, 6.07) is 18.2. The summed E-state index contributed by atoms with van der Waals surface area (Å²) < 4.78 is 37.8. The average molecular weight is 822 g/mol. The monoisotopic (exact) mass is 821 g/mol. The summed E-state index contributed by atoms with van der Waals surface area (Å²) in [6.45, 7) is 7.62. The minimum absolute atomic E-state index is 0.148. The first-order valence-electron chi connectivity index (χ1n) is 20.3. The average Bonchev–Trinajstić information content (AvgIpc) is 4.09. The van der Waals surface area contributed by atoms with Crippen molar-refractivity contribution in [2.24, 2.45) is 17.8 Å². The zero-order chi connectivity index (χ0) is 40.4. The Labute approximate surface area is 342 Å². The van der Waals surface area contributed by atoms with E-state index in [1.165, 1.54) is 0 Å². The van der Waals surface area contributed by atoms with E-state index in [0.717, 1.165) is 74.7 Å². The Balaban J connectivity index is 0.729. The zero-order valence-corrected chi connectivity index (χ0v) is 33.6. The third-order valence-corrected chi connectivity index (χ3v) is 14.3. The number of hydrogen-bond acceptors (Lipinski definition) is 12. The van der Waals surface area contributed by atoms with Crippen molar-refractivity contribution < 1.29 is 32.4 Å². The molecule has 16 nitrogen and oxygen atoms in total. The number of likely N-dealkylation sites (tertiary alicyclic amines) is 1. The predicted octanol–water partition coefficient (Wildman–Crippen LogP) is 2.47. The molecule has 7 heterocycles. The first-order chi connectivity index (χ1) is 28.6. The highest BCUT2D eigenvalue weighted by Crippen LogP contribution is 2.40. The molecular formula is C42H47N9O7S. The van der Waals surface area contributed by atoms with E-state index in [4.69, 9.17) is 9.57 Å². The third-order valence-electron chi connectivity index (χ3n) is 12.9. The number of carbonyl (C=O) groups is 3. The lowest BCUT2D eigenvalue weighted by molar-refractivity contribution is -0.136. The van der Waals surface area contributed by atoms with Crippen molar-refractivity contribution in [3.63, 3.8) is 0 Å². The van der Waals surface area contributed by atoms with Gasteiger partial charge in [0.15, 0.2) is 5.75 Å². The Kier molecular flexibility index (Phi) is 9.57. The molecule has 0 saturated carbocycles. The minimum Gasteiger partial charge on any atom is -0.496 e. The van der Waals surface area contributed by atoms with Gasteiger partial charge in [0.25, 0.3) is 5.91 Å². The highest BCUT2D eigenvalue weighted by molar-refractivity contribution is 7.89. The number of rotatable bonds is 11. The highest BCUT2D eigenvalue weighted by atomic mass is 32.2. The lowest BCUT2D eigenvalue weighted by Gasteiger charge is -2.29. The van der Waals surface area contributed by atoms with Gasteiger partial charge in [-0.1, -0.05) is 6.07 Å². The van der Waals surface area contributed by atoms with E-state index in [1.807, 2.05) is 42.6 Å². The molecule has 3 aromatic carbocycles. The van der Waals surface area contributed by atoms with Gasteiger partial charge in [-0.2, -0.15) is 9.82 Å². The van der Waals surface area contributed by atoms with Crippen LogP contribution in [0.1, 0.15) is 52.5 Å². The second-order valence-corrected chi connectivity index (χ2v) is 18.4. The van der Waals surface area contributed by atoms with Crippen LogP contribution in [0, 0.1) is 17.8 Å². The van der Waals surface area contributed by atoms with Crippen LogP contribution in [0.5, 0.6) is 11.5 Å². The van der Waals surface area contributed by atoms with Crippen LogP contribution in [0.25, 0.3) is 0 Å². The molecule has 0 radical (unpaired) electrons. The number of sulfonamides is 1. The second kappa shape index (κ2) is 15.0. The van der Waals surface area contributed by atoms with Gasteiger partial charge in [0.1, 0.15) is 18.0 Å².